The van der Waals surface area contributed by atoms with Crippen molar-refractivity contribution in [1.29, 1.82) is 0 Å². The summed E-state index contributed by atoms with van der Waals surface area (Å²) >= 11 is 0. The van der Waals surface area contributed by atoms with Crippen LogP contribution in [0.5, 0.6) is 0 Å². The van der Waals surface area contributed by atoms with Gasteiger partial charge in [0.05, 0.1) is 5.92 Å². The quantitative estimate of drug-likeness (QED) is 0.481. The number of cyclic esters (lactones) is 1. The highest BCUT2D eigenvalue weighted by molar-refractivity contribution is 5.77. The van der Waals surface area contributed by atoms with Crippen LogP contribution in [-0.4, -0.2) is 12.6 Å². The molecule has 106 valence electrons. The topological polar surface area (TPSA) is 26.3 Å². The van der Waals surface area contributed by atoms with Gasteiger partial charge in [-0.05, 0) is 56.9 Å². The summed E-state index contributed by atoms with van der Waals surface area (Å²) in [6.07, 6.45) is 8.78. The molecule has 19 heavy (non-hydrogen) atoms. The van der Waals surface area contributed by atoms with Crippen LogP contribution in [0.1, 0.15) is 53.4 Å². The van der Waals surface area contributed by atoms with Gasteiger partial charge in [0.15, 0.2) is 0 Å². The van der Waals surface area contributed by atoms with Gasteiger partial charge in [-0.25, -0.2) is 0 Å². The molecule has 1 heterocycles. The zero-order valence-electron chi connectivity index (χ0n) is 12.7. The van der Waals surface area contributed by atoms with E-state index in [2.05, 4.69) is 33.8 Å². The zero-order chi connectivity index (χ0) is 14.0. The highest BCUT2D eigenvalue weighted by Gasteiger charge is 2.61. The summed E-state index contributed by atoms with van der Waals surface area (Å²) in [4.78, 5) is 12.1. The number of carbonyl (C=O) groups is 1. The second-order valence-corrected chi connectivity index (χ2v) is 6.71. The molecule has 2 rings (SSSR count). The van der Waals surface area contributed by atoms with Gasteiger partial charge in [0.1, 0.15) is 6.61 Å². The number of rotatable bonds is 0. The smallest absolute Gasteiger partial charge is 0.310 e. The molecule has 0 aromatic carbocycles. The normalized spacial score (nSPS) is 37.2. The van der Waals surface area contributed by atoms with E-state index in [0.717, 1.165) is 25.7 Å². The molecule has 2 heteroatoms. The largest absolute Gasteiger partial charge is 0.461 e. The summed E-state index contributed by atoms with van der Waals surface area (Å²) < 4.78 is 5.41. The monoisotopic (exact) mass is 262 g/mol. The molecule has 2 nitrogen and oxygen atoms in total. The summed E-state index contributed by atoms with van der Waals surface area (Å²) in [5, 5.41) is 0. The van der Waals surface area contributed by atoms with E-state index < -0.39 is 0 Å². The molecule has 1 saturated carbocycles. The first-order chi connectivity index (χ1) is 8.93. The van der Waals surface area contributed by atoms with Crippen molar-refractivity contribution in [3.8, 4) is 0 Å². The Morgan fingerprint density at radius 1 is 1.16 bits per heavy atom. The van der Waals surface area contributed by atoms with E-state index in [1.807, 2.05) is 6.08 Å². The Hall–Kier alpha value is -1.05. The van der Waals surface area contributed by atoms with Gasteiger partial charge in [-0.15, -0.1) is 0 Å². The lowest BCUT2D eigenvalue weighted by atomic mass is 10.0. The van der Waals surface area contributed by atoms with Crippen LogP contribution in [0.25, 0.3) is 0 Å². The molecular formula is C17H26O2. The Labute approximate surface area is 116 Å². The van der Waals surface area contributed by atoms with Gasteiger partial charge in [-0.2, -0.15) is 0 Å². The van der Waals surface area contributed by atoms with Gasteiger partial charge in [0.25, 0.3) is 0 Å². The maximum absolute atomic E-state index is 12.1. The fourth-order valence-electron chi connectivity index (χ4n) is 3.24. The Balaban J connectivity index is 2.08. The van der Waals surface area contributed by atoms with E-state index in [0.29, 0.717) is 12.5 Å². The van der Waals surface area contributed by atoms with Crippen molar-refractivity contribution in [3.05, 3.63) is 23.3 Å². The fourth-order valence-corrected chi connectivity index (χ4v) is 3.24. The van der Waals surface area contributed by atoms with Gasteiger partial charge in [0.2, 0.25) is 0 Å². The molecule has 1 aliphatic carbocycles. The van der Waals surface area contributed by atoms with Crippen LogP contribution in [0.2, 0.25) is 0 Å². The molecular weight excluding hydrogens is 236 g/mol. The zero-order valence-corrected chi connectivity index (χ0v) is 12.7. The third kappa shape index (κ3) is 3.29. The minimum atomic E-state index is -0.0000652. The van der Waals surface area contributed by atoms with Crippen LogP contribution >= 0.6 is 0 Å². The average Bonchev–Trinajstić information content (AvgIpc) is 2.87. The molecule has 2 atom stereocenters. The molecule has 0 N–H and O–H groups in total. The Bertz CT molecular complexity index is 415. The summed E-state index contributed by atoms with van der Waals surface area (Å²) in [5.41, 5.74) is 2.89. The second-order valence-electron chi connectivity index (χ2n) is 6.71. The fraction of sp³-hybridized carbons (Fsp3) is 0.706. The van der Waals surface area contributed by atoms with Crippen LogP contribution in [0.15, 0.2) is 23.3 Å². The number of allylic oxidation sites excluding steroid dienone is 3. The highest BCUT2D eigenvalue weighted by Crippen LogP contribution is 2.61. The van der Waals surface area contributed by atoms with E-state index in [1.54, 1.807) is 0 Å². The first kappa shape index (κ1) is 14.4. The van der Waals surface area contributed by atoms with Crippen LogP contribution in [0.4, 0.5) is 0 Å². The lowest BCUT2D eigenvalue weighted by Gasteiger charge is -2.05. The maximum Gasteiger partial charge on any atom is 0.310 e. The molecule has 0 aromatic rings. The summed E-state index contributed by atoms with van der Waals surface area (Å²) in [7, 11) is 0. The molecule has 1 fully saturated rings. The number of hydrogen-bond acceptors (Lipinski definition) is 2. The molecule has 1 aliphatic heterocycles. The van der Waals surface area contributed by atoms with Gasteiger partial charge in [-0.3, -0.25) is 4.79 Å². The van der Waals surface area contributed by atoms with Crippen molar-refractivity contribution in [1.82, 2.24) is 0 Å². The van der Waals surface area contributed by atoms with Crippen LogP contribution in [0.3, 0.4) is 0 Å². The predicted octanol–water partition coefficient (Wildman–Crippen LogP) is 4.27. The molecule has 0 unspecified atom stereocenters. The first-order valence-electron chi connectivity index (χ1n) is 7.41. The van der Waals surface area contributed by atoms with Crippen molar-refractivity contribution in [2.75, 3.05) is 6.61 Å². The minimum absolute atomic E-state index is 0.0000652. The van der Waals surface area contributed by atoms with Crippen molar-refractivity contribution >= 4 is 5.97 Å². The Kier molecular flexibility index (Phi) is 4.17. The third-order valence-electron chi connectivity index (χ3n) is 4.84. The van der Waals surface area contributed by atoms with E-state index in [9.17, 15) is 4.79 Å². The van der Waals surface area contributed by atoms with E-state index in [-0.39, 0.29) is 17.3 Å². The average molecular weight is 262 g/mol. The molecule has 0 saturated heterocycles. The molecule has 0 bridgehead atoms. The number of ether oxygens (including phenoxy) is 1. The number of carbonyl (C=O) groups excluding carboxylic acids is 1. The van der Waals surface area contributed by atoms with Crippen LogP contribution in [-0.2, 0) is 9.53 Å². The molecule has 0 radical (unpaired) electrons. The third-order valence-corrected chi connectivity index (χ3v) is 4.84. The van der Waals surface area contributed by atoms with E-state index in [4.69, 9.17) is 4.74 Å². The number of esters is 1. The lowest BCUT2D eigenvalue weighted by Crippen LogP contribution is -2.11. The van der Waals surface area contributed by atoms with Gasteiger partial charge in [0, 0.05) is 0 Å². The summed E-state index contributed by atoms with van der Waals surface area (Å²) in [6.45, 7) is 9.14. The van der Waals surface area contributed by atoms with Gasteiger partial charge in [-0.1, -0.05) is 31.1 Å². The number of hydrogen-bond donors (Lipinski definition) is 0. The molecule has 0 aromatic heterocycles. The van der Waals surface area contributed by atoms with E-state index >= 15 is 0 Å². The summed E-state index contributed by atoms with van der Waals surface area (Å²) in [5.74, 6) is 0.601. The van der Waals surface area contributed by atoms with Crippen molar-refractivity contribution < 1.29 is 9.53 Å². The SMILES string of the molecule is C/C1=C\COC(=O)[C@@H]2[C@@H](CC/C(C)=C/CC1)C2(C)C. The van der Waals surface area contributed by atoms with Crippen molar-refractivity contribution in [2.24, 2.45) is 17.3 Å². The van der Waals surface area contributed by atoms with Gasteiger partial charge < -0.3 is 4.74 Å². The van der Waals surface area contributed by atoms with Crippen LogP contribution in [0, 0.1) is 17.3 Å². The molecule has 0 spiro atoms. The first-order valence-corrected chi connectivity index (χ1v) is 7.41. The summed E-state index contributed by atoms with van der Waals surface area (Å²) in [6, 6.07) is 0. The van der Waals surface area contributed by atoms with Crippen LogP contribution < -0.4 is 0 Å². The van der Waals surface area contributed by atoms with Gasteiger partial charge >= 0.3 is 5.97 Å². The highest BCUT2D eigenvalue weighted by atomic mass is 16.5. The predicted molar refractivity (Wildman–Crippen MR) is 77.7 cm³/mol. The molecule has 0 amide bonds. The van der Waals surface area contributed by atoms with Crippen molar-refractivity contribution in [3.63, 3.8) is 0 Å². The standard InChI is InChI=1S/C17H26O2/c1-12-6-5-7-13(2)10-11-19-16(18)15-14(9-8-12)17(15,3)4/h6,10,14-15H,5,7-9,11H2,1-4H3/b12-6+,13-10+/t14-,15+/m1/s1. The van der Waals surface area contributed by atoms with E-state index in [1.165, 1.54) is 11.1 Å². The number of fused-ring (bicyclic) bond motifs is 1. The Morgan fingerprint density at radius 2 is 1.84 bits per heavy atom. The minimum Gasteiger partial charge on any atom is -0.461 e. The second kappa shape index (κ2) is 5.52. The lowest BCUT2D eigenvalue weighted by molar-refractivity contribution is -0.145. The van der Waals surface area contributed by atoms with Crippen molar-refractivity contribution in [2.45, 2.75) is 53.4 Å². The maximum atomic E-state index is 12.1. The molecule has 2 aliphatic rings. The Morgan fingerprint density at radius 3 is 2.58 bits per heavy atom.